The van der Waals surface area contributed by atoms with Crippen molar-refractivity contribution in [2.75, 3.05) is 76.5 Å². The summed E-state index contributed by atoms with van der Waals surface area (Å²) in [5.74, 6) is -0.929. The Labute approximate surface area is 685 Å². The third-order valence-electron chi connectivity index (χ3n) is 25.8. The summed E-state index contributed by atoms with van der Waals surface area (Å²) in [4.78, 5) is 120. The average molecular weight is 1650 g/mol. The van der Waals surface area contributed by atoms with Gasteiger partial charge in [0.05, 0.1) is 68.2 Å². The van der Waals surface area contributed by atoms with Crippen LogP contribution in [0.2, 0.25) is 0 Å². The molecular weight excluding hydrogens is 1540 g/mol. The summed E-state index contributed by atoms with van der Waals surface area (Å²) in [5, 5.41) is 94.0. The van der Waals surface area contributed by atoms with Crippen LogP contribution in [0.5, 0.6) is 5.75 Å². The van der Waals surface area contributed by atoms with Crippen molar-refractivity contribution < 1.29 is 83.5 Å². The standard InChI is InChI=1S/C84H107N13O18S2/c1-7-81(110)42-50-26-29-80(4,71-55(27-32-95(45-50)47-81)54-15-9-10-16-58(54)91-71)57-40-56-60(41-63(57)112-6)94(5)77-83(56)30-33-96-31-14-28-82(8-2,76(83)96)78(108)84(77,111)64(100)44-86-79(109)114-36-38-117-116-37-13-18-62(99)59(39-53-46-97(93-92-53)34-35-113-75-69(104)67(102)68(103)70(115-75)74(106)107)90-65(101)19-12-11-17-61(98)51-23-20-49(21-24-51)22-25-52-43-85-72-66(89-52)73(105)88-48(3)87-72/h9-10,14-16,20-21,23-24,31,40-41,43,46,50,59,67-70,75-78,91,102-104,108,110-111H,7-8,11-13,17-19,22,25-30,32-39,42,44-45,47H2,1-6H3,(H,86,109)(H,90,101)(H,106,107)(H,85,87,88,105)/t50-,59-,67-,68?,69-,70?,75?,76-,77+,78+,80+,81-,82+,83+,84-/m0/s1. The Hall–Kier alpha value is -8.74. The minimum absolute atomic E-state index is 0.00146. The van der Waals surface area contributed by atoms with Crippen molar-refractivity contribution in [2.24, 2.45) is 11.3 Å². The van der Waals surface area contributed by atoms with Crippen LogP contribution in [0.15, 0.2) is 90.1 Å². The second-order valence-corrected chi connectivity index (χ2v) is 35.7. The number of ketones is 3. The second kappa shape index (κ2) is 35.3. The first-order valence-corrected chi connectivity index (χ1v) is 43.3. The number of rotatable bonds is 33. The van der Waals surface area contributed by atoms with Gasteiger partial charge < -0.3 is 85.1 Å². The van der Waals surface area contributed by atoms with Crippen LogP contribution < -0.4 is 25.8 Å². The van der Waals surface area contributed by atoms with Gasteiger partial charge in [-0.3, -0.25) is 28.9 Å². The van der Waals surface area contributed by atoms with E-state index in [9.17, 15) is 64.5 Å². The number of H-pyrrole nitrogens is 2. The fourth-order valence-electron chi connectivity index (χ4n) is 19.9. The number of allylic oxidation sites excluding steroid dienone is 1. The zero-order chi connectivity index (χ0) is 82.9. The van der Waals surface area contributed by atoms with Crippen LogP contribution >= 0.6 is 21.6 Å². The van der Waals surface area contributed by atoms with Gasteiger partial charge in [0.1, 0.15) is 36.5 Å². The summed E-state index contributed by atoms with van der Waals surface area (Å²) in [6.45, 7) is 10.1. The van der Waals surface area contributed by atoms with Gasteiger partial charge in [0.2, 0.25) is 5.91 Å². The summed E-state index contributed by atoms with van der Waals surface area (Å²) in [6, 6.07) is 17.7. The van der Waals surface area contributed by atoms with Crippen molar-refractivity contribution in [3.63, 3.8) is 0 Å². The normalized spacial score (nSPS) is 28.6. The van der Waals surface area contributed by atoms with Crippen LogP contribution in [0.25, 0.3) is 22.1 Å². The van der Waals surface area contributed by atoms with Crippen LogP contribution in [-0.4, -0.2) is 259 Å². The number of unbranched alkanes of at least 4 members (excludes halogenated alkanes) is 1. The number of amides is 2. The summed E-state index contributed by atoms with van der Waals surface area (Å²) in [6.07, 6.45) is 3.47. The van der Waals surface area contributed by atoms with E-state index in [1.807, 2.05) is 37.1 Å². The van der Waals surface area contributed by atoms with Crippen molar-refractivity contribution in [3.8, 4) is 5.75 Å². The van der Waals surface area contributed by atoms with Gasteiger partial charge in [-0.15, -0.1) is 5.10 Å². The number of piperidine rings is 1. The molecule has 4 unspecified atom stereocenters. The van der Waals surface area contributed by atoms with E-state index >= 15 is 4.79 Å². The van der Waals surface area contributed by atoms with E-state index in [4.69, 9.17) is 18.9 Å². The van der Waals surface area contributed by atoms with Gasteiger partial charge in [0, 0.05) is 138 Å². The topological polar surface area (TPSA) is 433 Å². The highest BCUT2D eigenvalue weighted by Crippen LogP contribution is 2.68. The molecule has 117 heavy (non-hydrogen) atoms. The van der Waals surface area contributed by atoms with Gasteiger partial charge in [-0.05, 0) is 138 Å². The number of anilines is 1. The molecule has 10 heterocycles. The Morgan fingerprint density at radius 2 is 1.64 bits per heavy atom. The van der Waals surface area contributed by atoms with E-state index < -0.39 is 107 Å². The molecule has 4 fully saturated rings. The molecule has 7 aromatic rings. The van der Waals surface area contributed by atoms with E-state index in [0.717, 1.165) is 71.3 Å². The number of aromatic amines is 2. The quantitative estimate of drug-likeness (QED) is 0.0134. The average Bonchev–Trinajstić information content (AvgIpc) is 1.49. The maximum atomic E-state index is 15.4. The first-order chi connectivity index (χ1) is 56.1. The van der Waals surface area contributed by atoms with Crippen molar-refractivity contribution in [3.05, 3.63) is 146 Å². The number of fused-ring (bicyclic) bond motifs is 7. The largest absolute Gasteiger partial charge is 0.496 e. The van der Waals surface area contributed by atoms with Gasteiger partial charge in [-0.2, -0.15) is 0 Å². The van der Waals surface area contributed by atoms with Gasteiger partial charge in [-0.25, -0.2) is 29.2 Å². The van der Waals surface area contributed by atoms with E-state index in [2.05, 4.69) is 112 Å². The van der Waals surface area contributed by atoms with Gasteiger partial charge in [0.15, 0.2) is 46.5 Å². The van der Waals surface area contributed by atoms with Crippen molar-refractivity contribution >= 4 is 84.7 Å². The zero-order valence-corrected chi connectivity index (χ0v) is 68.5. The number of nitrogens with one attached hydrogen (secondary N) is 4. The van der Waals surface area contributed by atoms with E-state index in [1.54, 1.807) is 32.4 Å². The number of hydrogen-bond donors (Lipinski definition) is 11. The van der Waals surface area contributed by atoms with Gasteiger partial charge in [0.25, 0.3) is 5.56 Å². The molecule has 4 aromatic heterocycles. The maximum absolute atomic E-state index is 15.4. The van der Waals surface area contributed by atoms with Crippen LogP contribution in [0.1, 0.15) is 160 Å². The molecule has 2 bridgehead atoms. The number of aromatic nitrogens is 8. The first-order valence-electron chi connectivity index (χ1n) is 40.8. The molecule has 33 heteroatoms. The minimum atomic E-state index is -2.40. The lowest BCUT2D eigenvalue weighted by molar-refractivity contribution is -0.294. The predicted octanol–water partition coefficient (Wildman–Crippen LogP) is 5.65. The lowest BCUT2D eigenvalue weighted by Crippen LogP contribution is -2.81. The first kappa shape index (κ1) is 84.7. The number of carbonyl (C=O) groups is 6. The molecular formula is C84H107N13O18S2. The number of Topliss-reactive ketones (excluding diaryl/α,β-unsaturated/α-hetero) is 3. The Kier molecular flexibility index (Phi) is 25.5. The van der Waals surface area contributed by atoms with E-state index in [0.29, 0.717) is 117 Å². The molecule has 2 amide bonds. The molecule has 628 valence electrons. The fraction of sp³-hybridized carbons (Fsp3) is 0.571. The molecule has 1 spiro atoms. The monoisotopic (exact) mass is 1650 g/mol. The molecule has 11 N–H and O–H groups in total. The Morgan fingerprint density at radius 1 is 0.855 bits per heavy atom. The number of carboxylic acids is 1. The number of ether oxygens (including phenoxy) is 4. The van der Waals surface area contributed by atoms with Crippen molar-refractivity contribution in [1.29, 1.82) is 0 Å². The molecule has 0 radical (unpaired) electrons. The third kappa shape index (κ3) is 16.8. The fourth-order valence-corrected chi connectivity index (χ4v) is 21.8. The minimum Gasteiger partial charge on any atom is -0.496 e. The third-order valence-corrected chi connectivity index (χ3v) is 28.3. The number of carbonyl (C=O) groups excluding carboxylic acids is 5. The van der Waals surface area contributed by atoms with Crippen LogP contribution in [-0.2, 0) is 76.4 Å². The van der Waals surface area contributed by atoms with Gasteiger partial charge in [-0.1, -0.05) is 89.2 Å². The molecule has 31 nitrogen and oxygen atoms in total. The van der Waals surface area contributed by atoms with E-state index in [1.165, 1.54) is 38.0 Å². The Morgan fingerprint density at radius 3 is 2.42 bits per heavy atom. The molecule has 1 saturated carbocycles. The number of carboxylic acid groups (broad SMARTS) is 1. The van der Waals surface area contributed by atoms with E-state index in [-0.39, 0.29) is 85.7 Å². The second-order valence-electron chi connectivity index (χ2n) is 33.0. The summed E-state index contributed by atoms with van der Waals surface area (Å²) in [7, 11) is 6.42. The number of methoxy groups -OCH3 is 1. The molecule has 6 aliphatic heterocycles. The number of aryl methyl sites for hydroxylation is 3. The summed E-state index contributed by atoms with van der Waals surface area (Å²) < 4.78 is 24.2. The highest BCUT2D eigenvalue weighted by atomic mass is 33.1. The Bertz CT molecular complexity index is 4930. The number of aliphatic hydroxyl groups is 6. The molecule has 3 aromatic carbocycles. The number of para-hydroxylation sites is 1. The molecule has 7 aliphatic rings. The van der Waals surface area contributed by atoms with Crippen LogP contribution in [0.4, 0.5) is 10.5 Å². The summed E-state index contributed by atoms with van der Waals surface area (Å²) in [5.41, 5.74) is 2.92. The number of aliphatic hydroxyl groups excluding tert-OH is 4. The van der Waals surface area contributed by atoms with Crippen molar-refractivity contribution in [1.82, 2.24) is 60.3 Å². The molecule has 16 atom stereocenters. The van der Waals surface area contributed by atoms with Crippen molar-refractivity contribution in [2.45, 2.75) is 220 Å². The van der Waals surface area contributed by atoms with Crippen LogP contribution in [0, 0.1) is 18.3 Å². The zero-order valence-electron chi connectivity index (χ0n) is 66.9. The molecule has 14 rings (SSSR count). The number of benzene rings is 3. The predicted molar refractivity (Wildman–Crippen MR) is 436 cm³/mol. The lowest BCUT2D eigenvalue weighted by Gasteiger charge is -2.64. The number of nitrogens with zero attached hydrogens (tertiary/aromatic N) is 9. The molecule has 3 saturated heterocycles. The highest BCUT2D eigenvalue weighted by molar-refractivity contribution is 8.76. The van der Waals surface area contributed by atoms with Gasteiger partial charge >= 0.3 is 12.1 Å². The number of likely N-dealkylation sites (N-methyl/N-ethyl adjacent to an activating group) is 1. The lowest BCUT2D eigenvalue weighted by atomic mass is 9.46. The number of aliphatic carboxylic acids is 1. The van der Waals surface area contributed by atoms with Crippen LogP contribution in [0.3, 0.4) is 0 Å². The Balaban J connectivity index is 0.585. The maximum Gasteiger partial charge on any atom is 0.407 e. The number of alkyl carbamates (subject to hydrolysis) is 1. The summed E-state index contributed by atoms with van der Waals surface area (Å²) >= 11 is 0. The molecule has 1 aliphatic carbocycles. The SMILES string of the molecule is CC[C@]1(O)C[C@@H]2CC[C@](C)(c3cc4c(cc3OC)N(C)[C@H]3[C@@](O)(C(=O)CNC(=O)OCCSSCCCC(=O)[C@H](Cc5cn(CCOC6OC(C(=O)O)C(O)[C@H](O)[C@@H]6O)nn5)NC(=O)CCCCC(=O)c5ccc(CCc6cnc7nc(C)[nH]c(=O)c7n6)cc5)[C@H](O)[C@]5(CC)CC=CN6CC[C@]43[C@@H]65)c3[nH]c4ccccc4c3CCN(C2)C1. The smallest absolute Gasteiger partial charge is 0.407 e. The number of hydrogen-bond acceptors (Lipinski definition) is 27. The highest BCUT2D eigenvalue weighted by Gasteiger charge is 2.78.